The largest absolute Gasteiger partial charge is 0.480 e. The van der Waals surface area contributed by atoms with E-state index in [2.05, 4.69) is 20.4 Å². The first kappa shape index (κ1) is 24.0. The molecule has 0 spiro atoms. The zero-order valence-electron chi connectivity index (χ0n) is 20.7. The smallest absolute Gasteiger partial charge is 0.416 e. The number of nitrogens with zero attached hydrogens (tertiary/aromatic N) is 6. The second-order valence-corrected chi connectivity index (χ2v) is 10.3. The summed E-state index contributed by atoms with van der Waals surface area (Å²) in [6, 6.07) is 7.83. The Morgan fingerprint density at radius 1 is 1.05 bits per heavy atom. The molecule has 0 radical (unpaired) electrons. The monoisotopic (exact) mass is 513 g/mol. The summed E-state index contributed by atoms with van der Waals surface area (Å²) in [4.78, 5) is 7.21. The summed E-state index contributed by atoms with van der Waals surface area (Å²) in [6.07, 6.45) is 2.25. The molecule has 2 bridgehead atoms. The van der Waals surface area contributed by atoms with Crippen molar-refractivity contribution >= 4 is 11.6 Å². The lowest BCUT2D eigenvalue weighted by Gasteiger charge is -2.39. The van der Waals surface area contributed by atoms with E-state index in [0.717, 1.165) is 69.3 Å². The van der Waals surface area contributed by atoms with Crippen molar-refractivity contribution < 1.29 is 17.9 Å². The lowest BCUT2D eigenvalue weighted by molar-refractivity contribution is -0.137. The van der Waals surface area contributed by atoms with E-state index in [1.165, 1.54) is 12.1 Å². The van der Waals surface area contributed by atoms with Crippen molar-refractivity contribution in [2.24, 2.45) is 11.8 Å². The fourth-order valence-electron chi connectivity index (χ4n) is 6.25. The molecule has 6 rings (SSSR count). The Hall–Kier alpha value is -3.37. The van der Waals surface area contributed by atoms with Crippen molar-refractivity contribution in [2.75, 3.05) is 30.4 Å². The molecule has 4 heterocycles. The number of rotatable bonds is 5. The van der Waals surface area contributed by atoms with Crippen LogP contribution in [0.15, 0.2) is 36.5 Å². The maximum Gasteiger partial charge on any atom is 0.416 e. The molecule has 2 fully saturated rings. The Morgan fingerprint density at radius 2 is 1.86 bits per heavy atom. The van der Waals surface area contributed by atoms with Gasteiger partial charge in [-0.2, -0.15) is 23.3 Å². The minimum atomic E-state index is -4.37. The van der Waals surface area contributed by atoms with Crippen molar-refractivity contribution in [3.63, 3.8) is 0 Å². The molecule has 37 heavy (non-hydrogen) atoms. The molecule has 3 aromatic rings. The number of aromatic nitrogens is 5. The quantitative estimate of drug-likeness (QED) is 0.528. The van der Waals surface area contributed by atoms with Crippen LogP contribution in [0.4, 0.5) is 24.8 Å². The number of nitrogens with one attached hydrogen (secondary N) is 1. The highest BCUT2D eigenvalue weighted by Crippen LogP contribution is 2.41. The van der Waals surface area contributed by atoms with E-state index in [4.69, 9.17) is 14.8 Å². The number of hydrogen-bond acceptors (Lipinski definition) is 7. The standard InChI is InChI=1S/C26H30F3N7O/c1-37-22-12-20(13-30-33-22)35-14-17-8-9-18(15-35)23(17)31-25-32-24-21(7-2-3-10-36(24)34-25)16-5-4-6-19(11-16)26(27,28)29/h4-6,11-13,17-18,21,23H,2-3,7-10,14-15H2,1H3,(H,31,34)/t17-,18?,21?,23?/m0/s1. The van der Waals surface area contributed by atoms with Crippen LogP contribution in [0.25, 0.3) is 0 Å². The SMILES string of the molecule is COc1cc(N2CC3CC[C@@H](C2)C3Nc2nc3n(n2)CCCCC3c2cccc(C(F)(F)F)c2)cnn1. The van der Waals surface area contributed by atoms with E-state index < -0.39 is 11.7 Å². The van der Waals surface area contributed by atoms with E-state index in [1.807, 2.05) is 10.7 Å². The van der Waals surface area contributed by atoms with Gasteiger partial charge in [0.15, 0.2) is 0 Å². The molecule has 3 unspecified atom stereocenters. The number of methoxy groups -OCH3 is 1. The topological polar surface area (TPSA) is 81.0 Å². The number of alkyl halides is 3. The summed E-state index contributed by atoms with van der Waals surface area (Å²) in [5, 5.41) is 16.4. The Balaban J connectivity index is 1.21. The highest BCUT2D eigenvalue weighted by atomic mass is 19.4. The molecule has 0 amide bonds. The number of ether oxygens (including phenoxy) is 1. The lowest BCUT2D eigenvalue weighted by atomic mass is 9.92. The van der Waals surface area contributed by atoms with Gasteiger partial charge in [0.25, 0.3) is 0 Å². The first-order valence-electron chi connectivity index (χ1n) is 12.9. The number of aryl methyl sites for hydroxylation is 1. The highest BCUT2D eigenvalue weighted by molar-refractivity contribution is 5.48. The van der Waals surface area contributed by atoms with Gasteiger partial charge in [0.2, 0.25) is 11.8 Å². The van der Waals surface area contributed by atoms with Crippen LogP contribution in [0.5, 0.6) is 5.88 Å². The van der Waals surface area contributed by atoms with E-state index >= 15 is 0 Å². The molecule has 2 aromatic heterocycles. The van der Waals surface area contributed by atoms with Gasteiger partial charge in [-0.25, -0.2) is 4.68 Å². The summed E-state index contributed by atoms with van der Waals surface area (Å²) in [5.74, 6) is 2.49. The van der Waals surface area contributed by atoms with Crippen molar-refractivity contribution in [3.8, 4) is 5.88 Å². The van der Waals surface area contributed by atoms with Gasteiger partial charge in [0, 0.05) is 37.7 Å². The third-order valence-electron chi connectivity index (χ3n) is 8.06. The molecule has 11 heteroatoms. The molecular formula is C26H30F3N7O. The van der Waals surface area contributed by atoms with Gasteiger partial charge in [-0.3, -0.25) is 0 Å². The van der Waals surface area contributed by atoms with Crippen molar-refractivity contribution in [1.29, 1.82) is 0 Å². The first-order valence-corrected chi connectivity index (χ1v) is 12.9. The summed E-state index contributed by atoms with van der Waals surface area (Å²) in [5.41, 5.74) is 1.04. The third kappa shape index (κ3) is 4.71. The molecule has 1 saturated heterocycles. The molecule has 1 N–H and O–H groups in total. The average Bonchev–Trinajstić information content (AvgIpc) is 3.30. The van der Waals surface area contributed by atoms with Gasteiger partial charge in [-0.15, -0.1) is 10.2 Å². The second-order valence-electron chi connectivity index (χ2n) is 10.3. The van der Waals surface area contributed by atoms with E-state index in [9.17, 15) is 13.2 Å². The average molecular weight is 514 g/mol. The van der Waals surface area contributed by atoms with Crippen LogP contribution in [0.1, 0.15) is 55.0 Å². The predicted octanol–water partition coefficient (Wildman–Crippen LogP) is 4.74. The molecular weight excluding hydrogens is 483 g/mol. The number of fused-ring (bicyclic) bond motifs is 3. The van der Waals surface area contributed by atoms with Gasteiger partial charge < -0.3 is 15.0 Å². The van der Waals surface area contributed by atoms with Crippen LogP contribution in [-0.2, 0) is 12.7 Å². The fourth-order valence-corrected chi connectivity index (χ4v) is 6.25. The summed E-state index contributed by atoms with van der Waals surface area (Å²) >= 11 is 0. The zero-order chi connectivity index (χ0) is 25.6. The Kier molecular flexibility index (Phi) is 6.16. The Bertz CT molecular complexity index is 1250. The van der Waals surface area contributed by atoms with Crippen LogP contribution < -0.4 is 15.0 Å². The summed E-state index contributed by atoms with van der Waals surface area (Å²) in [6.45, 7) is 2.51. The molecule has 3 aliphatic rings. The molecule has 196 valence electrons. The molecule has 1 aromatic carbocycles. The molecule has 4 atom stereocenters. The Morgan fingerprint density at radius 3 is 2.62 bits per heavy atom. The highest BCUT2D eigenvalue weighted by Gasteiger charge is 2.43. The maximum absolute atomic E-state index is 13.4. The summed E-state index contributed by atoms with van der Waals surface area (Å²) in [7, 11) is 1.59. The Labute approximate surface area is 213 Å². The number of benzene rings is 1. The lowest BCUT2D eigenvalue weighted by Crippen LogP contribution is -2.48. The minimum Gasteiger partial charge on any atom is -0.480 e. The molecule has 8 nitrogen and oxygen atoms in total. The van der Waals surface area contributed by atoms with E-state index in [0.29, 0.717) is 29.2 Å². The van der Waals surface area contributed by atoms with Gasteiger partial charge in [0.1, 0.15) is 5.82 Å². The first-order chi connectivity index (χ1) is 17.9. The zero-order valence-corrected chi connectivity index (χ0v) is 20.7. The predicted molar refractivity (Wildman–Crippen MR) is 132 cm³/mol. The van der Waals surface area contributed by atoms with Crippen LogP contribution in [0.2, 0.25) is 0 Å². The maximum atomic E-state index is 13.4. The summed E-state index contributed by atoms with van der Waals surface area (Å²) < 4.78 is 47.2. The van der Waals surface area contributed by atoms with Crippen LogP contribution in [0, 0.1) is 11.8 Å². The van der Waals surface area contributed by atoms with E-state index in [-0.39, 0.29) is 12.0 Å². The van der Waals surface area contributed by atoms with Gasteiger partial charge >= 0.3 is 6.18 Å². The number of hydrogen-bond donors (Lipinski definition) is 1. The van der Waals surface area contributed by atoms with E-state index in [1.54, 1.807) is 19.4 Å². The fraction of sp³-hybridized carbons (Fsp3) is 0.538. The molecule has 1 aliphatic carbocycles. The minimum absolute atomic E-state index is 0.208. The van der Waals surface area contributed by atoms with Crippen LogP contribution >= 0.6 is 0 Å². The number of anilines is 2. The van der Waals surface area contributed by atoms with Crippen LogP contribution in [0.3, 0.4) is 0 Å². The number of piperidine rings is 1. The van der Waals surface area contributed by atoms with Crippen molar-refractivity contribution in [2.45, 2.75) is 56.8 Å². The number of halogens is 3. The second kappa shape index (κ2) is 9.50. The normalized spacial score (nSPS) is 25.5. The van der Waals surface area contributed by atoms with Crippen molar-refractivity contribution in [1.82, 2.24) is 25.0 Å². The molecule has 2 aliphatic heterocycles. The van der Waals surface area contributed by atoms with Gasteiger partial charge in [-0.05, 0) is 49.1 Å². The third-order valence-corrected chi connectivity index (χ3v) is 8.06. The van der Waals surface area contributed by atoms with Gasteiger partial charge in [0.05, 0.1) is 24.6 Å². The van der Waals surface area contributed by atoms with Crippen LogP contribution in [-0.4, -0.2) is 51.2 Å². The van der Waals surface area contributed by atoms with Gasteiger partial charge in [-0.1, -0.05) is 24.6 Å². The molecule has 1 saturated carbocycles. The van der Waals surface area contributed by atoms with Crippen molar-refractivity contribution in [3.05, 3.63) is 53.5 Å².